The van der Waals surface area contributed by atoms with Crippen LogP contribution in [0.1, 0.15) is 6.42 Å². The van der Waals surface area contributed by atoms with Gasteiger partial charge >= 0.3 is 5.97 Å². The fraction of sp³-hybridized carbons (Fsp3) is 0.308. The van der Waals surface area contributed by atoms with Crippen molar-refractivity contribution in [3.8, 4) is 0 Å². The first kappa shape index (κ1) is 13.6. The lowest BCUT2D eigenvalue weighted by molar-refractivity contribution is -0.140. The molecule has 0 aromatic heterocycles. The number of hydrogen-bond acceptors (Lipinski definition) is 4. The van der Waals surface area contributed by atoms with Crippen LogP contribution in [0, 0.1) is 5.92 Å². The molecule has 2 rings (SSSR count). The first-order valence-corrected chi connectivity index (χ1v) is 7.74. The highest BCUT2D eigenvalue weighted by molar-refractivity contribution is 7.90. The third-order valence-corrected chi connectivity index (χ3v) is 4.18. The lowest BCUT2D eigenvalue weighted by atomic mass is 10.1. The SMILES string of the molecule is CS(=O)(=O)c1ccccc1NC1C=CC(C(=O)O)C1. The Morgan fingerprint density at radius 1 is 1.32 bits per heavy atom. The lowest BCUT2D eigenvalue weighted by Gasteiger charge is -2.16. The third kappa shape index (κ3) is 3.14. The van der Waals surface area contributed by atoms with E-state index in [0.717, 1.165) is 6.26 Å². The summed E-state index contributed by atoms with van der Waals surface area (Å²) in [5.74, 6) is -1.38. The van der Waals surface area contributed by atoms with Gasteiger partial charge in [0.05, 0.1) is 16.5 Å². The van der Waals surface area contributed by atoms with Crippen LogP contribution in [-0.2, 0) is 14.6 Å². The number of rotatable bonds is 4. The Balaban J connectivity index is 2.18. The molecule has 1 aliphatic carbocycles. The molecule has 0 bridgehead atoms. The van der Waals surface area contributed by atoms with E-state index in [2.05, 4.69) is 5.32 Å². The van der Waals surface area contributed by atoms with Crippen molar-refractivity contribution < 1.29 is 18.3 Å². The summed E-state index contributed by atoms with van der Waals surface area (Å²) in [6, 6.07) is 6.45. The maximum atomic E-state index is 11.6. The summed E-state index contributed by atoms with van der Waals surface area (Å²) < 4.78 is 23.3. The second-order valence-electron chi connectivity index (χ2n) is 4.58. The topological polar surface area (TPSA) is 83.5 Å². The summed E-state index contributed by atoms with van der Waals surface area (Å²) >= 11 is 0. The number of sulfone groups is 1. The Bertz CT molecular complexity index is 621. The van der Waals surface area contributed by atoms with Gasteiger partial charge in [0.15, 0.2) is 9.84 Å². The van der Waals surface area contributed by atoms with Crippen LogP contribution >= 0.6 is 0 Å². The lowest BCUT2D eigenvalue weighted by Crippen LogP contribution is -2.20. The average molecular weight is 281 g/mol. The normalized spacial score (nSPS) is 22.4. The molecule has 2 atom stereocenters. The molecule has 19 heavy (non-hydrogen) atoms. The highest BCUT2D eigenvalue weighted by Gasteiger charge is 2.25. The van der Waals surface area contributed by atoms with E-state index >= 15 is 0 Å². The van der Waals surface area contributed by atoms with Gasteiger partial charge in [-0.1, -0.05) is 24.3 Å². The van der Waals surface area contributed by atoms with E-state index in [9.17, 15) is 13.2 Å². The van der Waals surface area contributed by atoms with Crippen molar-refractivity contribution >= 4 is 21.5 Å². The molecule has 0 heterocycles. The van der Waals surface area contributed by atoms with Gasteiger partial charge in [-0.05, 0) is 18.6 Å². The van der Waals surface area contributed by atoms with Crippen molar-refractivity contribution in [2.75, 3.05) is 11.6 Å². The molecule has 2 N–H and O–H groups in total. The summed E-state index contributed by atoms with van der Waals surface area (Å²) in [6.45, 7) is 0. The predicted molar refractivity (Wildman–Crippen MR) is 71.8 cm³/mol. The highest BCUT2D eigenvalue weighted by Crippen LogP contribution is 2.26. The summed E-state index contributed by atoms with van der Waals surface area (Å²) in [5, 5.41) is 12.0. The quantitative estimate of drug-likeness (QED) is 0.818. The molecule has 1 aromatic rings. The number of carboxylic acid groups (broad SMARTS) is 1. The molecule has 5 nitrogen and oxygen atoms in total. The van der Waals surface area contributed by atoms with Crippen molar-refractivity contribution in [1.29, 1.82) is 0 Å². The number of carboxylic acids is 1. The van der Waals surface area contributed by atoms with Crippen LogP contribution in [-0.4, -0.2) is 31.8 Å². The van der Waals surface area contributed by atoms with E-state index in [1.807, 2.05) is 0 Å². The molecule has 1 aromatic carbocycles. The van der Waals surface area contributed by atoms with Crippen molar-refractivity contribution in [2.24, 2.45) is 5.92 Å². The van der Waals surface area contributed by atoms with Gasteiger partial charge < -0.3 is 10.4 Å². The molecular formula is C13H15NO4S. The molecule has 0 saturated carbocycles. The standard InChI is InChI=1S/C13H15NO4S/c1-19(17,18)12-5-3-2-4-11(12)14-10-7-6-9(8-10)13(15)16/h2-7,9-10,14H,8H2,1H3,(H,15,16). The summed E-state index contributed by atoms with van der Waals surface area (Å²) in [6.07, 6.45) is 4.96. The van der Waals surface area contributed by atoms with Gasteiger partial charge in [-0.15, -0.1) is 0 Å². The Morgan fingerprint density at radius 3 is 2.58 bits per heavy atom. The zero-order valence-corrected chi connectivity index (χ0v) is 11.2. The molecule has 102 valence electrons. The fourth-order valence-corrected chi connectivity index (χ4v) is 2.95. The van der Waals surface area contributed by atoms with Crippen LogP contribution in [0.3, 0.4) is 0 Å². The average Bonchev–Trinajstić information content (AvgIpc) is 2.77. The van der Waals surface area contributed by atoms with Crippen molar-refractivity contribution in [1.82, 2.24) is 0 Å². The molecule has 0 saturated heterocycles. The maximum absolute atomic E-state index is 11.6. The maximum Gasteiger partial charge on any atom is 0.310 e. The van der Waals surface area contributed by atoms with E-state index < -0.39 is 21.7 Å². The summed E-state index contributed by atoms with van der Waals surface area (Å²) in [5.41, 5.74) is 0.505. The smallest absolute Gasteiger partial charge is 0.310 e. The van der Waals surface area contributed by atoms with Gasteiger partial charge in [0.25, 0.3) is 0 Å². The Hall–Kier alpha value is -1.82. The summed E-state index contributed by atoms with van der Waals surface area (Å²) in [7, 11) is -3.31. The Morgan fingerprint density at radius 2 is 2.00 bits per heavy atom. The fourth-order valence-electron chi connectivity index (χ4n) is 2.10. The van der Waals surface area contributed by atoms with Gasteiger partial charge in [0, 0.05) is 12.3 Å². The molecule has 6 heteroatoms. The molecule has 0 aliphatic heterocycles. The molecule has 1 aliphatic rings. The van der Waals surface area contributed by atoms with Crippen molar-refractivity contribution in [2.45, 2.75) is 17.4 Å². The van der Waals surface area contributed by atoms with Crippen molar-refractivity contribution in [3.05, 3.63) is 36.4 Å². The zero-order chi connectivity index (χ0) is 14.0. The van der Waals surface area contributed by atoms with Gasteiger partial charge in [0.2, 0.25) is 0 Å². The molecular weight excluding hydrogens is 266 g/mol. The van der Waals surface area contributed by atoms with E-state index in [4.69, 9.17) is 5.11 Å². The van der Waals surface area contributed by atoms with Crippen molar-refractivity contribution in [3.63, 3.8) is 0 Å². The van der Waals surface area contributed by atoms with E-state index in [1.54, 1.807) is 30.4 Å². The Labute approximate surface area is 111 Å². The zero-order valence-electron chi connectivity index (χ0n) is 10.4. The third-order valence-electron chi connectivity index (χ3n) is 3.03. The molecule has 0 amide bonds. The number of hydrogen-bond donors (Lipinski definition) is 2. The number of nitrogens with one attached hydrogen (secondary N) is 1. The van der Waals surface area contributed by atoms with Crippen LogP contribution in [0.25, 0.3) is 0 Å². The second kappa shape index (κ2) is 5.05. The first-order valence-electron chi connectivity index (χ1n) is 5.84. The van der Waals surface area contributed by atoms with Gasteiger partial charge in [0.1, 0.15) is 0 Å². The van der Waals surface area contributed by atoms with E-state index in [0.29, 0.717) is 12.1 Å². The highest BCUT2D eigenvalue weighted by atomic mass is 32.2. The molecule has 0 radical (unpaired) electrons. The molecule has 0 spiro atoms. The van der Waals surface area contributed by atoms with Crippen LogP contribution < -0.4 is 5.32 Å². The van der Waals surface area contributed by atoms with Gasteiger partial charge in [-0.25, -0.2) is 8.42 Å². The molecule has 2 unspecified atom stereocenters. The largest absolute Gasteiger partial charge is 0.481 e. The Kier molecular flexibility index (Phi) is 3.61. The number of benzene rings is 1. The summed E-state index contributed by atoms with van der Waals surface area (Å²) in [4.78, 5) is 11.1. The minimum absolute atomic E-state index is 0.163. The predicted octanol–water partition coefficient (Wildman–Crippen LogP) is 1.53. The molecule has 0 fully saturated rings. The van der Waals surface area contributed by atoms with Crippen LogP contribution in [0.2, 0.25) is 0 Å². The second-order valence-corrected chi connectivity index (χ2v) is 6.57. The monoisotopic (exact) mass is 281 g/mol. The number of para-hydroxylation sites is 1. The first-order chi connectivity index (χ1) is 8.88. The van der Waals surface area contributed by atoms with Crippen LogP contribution in [0.5, 0.6) is 0 Å². The van der Waals surface area contributed by atoms with E-state index in [1.165, 1.54) is 6.07 Å². The minimum atomic E-state index is -3.31. The number of anilines is 1. The van der Waals surface area contributed by atoms with Crippen LogP contribution in [0.4, 0.5) is 5.69 Å². The van der Waals surface area contributed by atoms with Gasteiger partial charge in [-0.2, -0.15) is 0 Å². The van der Waals surface area contributed by atoms with Crippen LogP contribution in [0.15, 0.2) is 41.3 Å². The number of aliphatic carboxylic acids is 1. The van der Waals surface area contributed by atoms with Gasteiger partial charge in [-0.3, -0.25) is 4.79 Å². The number of carbonyl (C=O) groups is 1. The van der Waals surface area contributed by atoms with E-state index in [-0.39, 0.29) is 10.9 Å². The minimum Gasteiger partial charge on any atom is -0.481 e.